The van der Waals surface area contributed by atoms with E-state index in [1.807, 2.05) is 0 Å². The van der Waals surface area contributed by atoms with Crippen LogP contribution in [0.1, 0.15) is 0 Å². The van der Waals surface area contributed by atoms with Gasteiger partial charge in [-0.3, -0.25) is 0 Å². The molecule has 1 fully saturated rings. The molecular formula is C12H13F3N2OS. The first-order chi connectivity index (χ1) is 8.98. The van der Waals surface area contributed by atoms with E-state index in [-0.39, 0.29) is 12.3 Å². The number of alkyl halides is 3. The van der Waals surface area contributed by atoms with E-state index in [0.29, 0.717) is 11.4 Å². The first-order valence-corrected chi connectivity index (χ1v) is 6.91. The molecule has 0 saturated carbocycles. The zero-order chi connectivity index (χ0) is 13.9. The first-order valence-electron chi connectivity index (χ1n) is 5.75. The monoisotopic (exact) mass is 290 g/mol. The van der Waals surface area contributed by atoms with Gasteiger partial charge in [0.1, 0.15) is 6.04 Å². The lowest BCUT2D eigenvalue weighted by atomic mass is 10.2. The van der Waals surface area contributed by atoms with E-state index in [2.05, 4.69) is 5.32 Å². The molecule has 1 aromatic carbocycles. The molecule has 3 nitrogen and oxygen atoms in total. The number of urea groups is 1. The van der Waals surface area contributed by atoms with E-state index < -0.39 is 18.2 Å². The number of thioether (sulfide) groups is 1. The summed E-state index contributed by atoms with van der Waals surface area (Å²) in [7, 11) is 0. The van der Waals surface area contributed by atoms with Crippen molar-refractivity contribution in [3.63, 3.8) is 0 Å². The predicted octanol–water partition coefficient (Wildman–Crippen LogP) is 3.20. The number of nitrogens with zero attached hydrogens (tertiary/aromatic N) is 1. The number of amides is 2. The van der Waals surface area contributed by atoms with E-state index in [1.165, 1.54) is 11.8 Å². The van der Waals surface area contributed by atoms with Crippen molar-refractivity contribution in [1.29, 1.82) is 0 Å². The van der Waals surface area contributed by atoms with Gasteiger partial charge in [-0.2, -0.15) is 24.9 Å². The Kier molecular flexibility index (Phi) is 4.24. The van der Waals surface area contributed by atoms with E-state index in [9.17, 15) is 18.0 Å². The zero-order valence-electron chi connectivity index (χ0n) is 9.98. The molecule has 0 bridgehead atoms. The molecule has 0 aliphatic carbocycles. The molecule has 2 rings (SSSR count). The van der Waals surface area contributed by atoms with Crippen LogP contribution in [0, 0.1) is 0 Å². The lowest BCUT2D eigenvalue weighted by Crippen LogP contribution is -2.54. The van der Waals surface area contributed by atoms with Gasteiger partial charge >= 0.3 is 12.2 Å². The highest BCUT2D eigenvalue weighted by molar-refractivity contribution is 7.99. The minimum atomic E-state index is -4.39. The summed E-state index contributed by atoms with van der Waals surface area (Å²) in [5.74, 6) is 0.417. The van der Waals surface area contributed by atoms with Gasteiger partial charge in [-0.05, 0) is 12.1 Å². The van der Waals surface area contributed by atoms with Gasteiger partial charge in [-0.1, -0.05) is 18.2 Å². The Bertz CT molecular complexity index is 438. The van der Waals surface area contributed by atoms with Gasteiger partial charge in [0, 0.05) is 23.7 Å². The summed E-state index contributed by atoms with van der Waals surface area (Å²) in [6.45, 7) is 0.105. The topological polar surface area (TPSA) is 32.3 Å². The number of anilines is 1. The largest absolute Gasteiger partial charge is 0.409 e. The predicted molar refractivity (Wildman–Crippen MR) is 69.3 cm³/mol. The standard InChI is InChI=1S/C12H13F3N2OS/c13-12(14,15)10-8-19-7-6-17(10)11(18)16-9-4-2-1-3-5-9/h1-5,10H,6-8H2,(H,16,18). The molecule has 1 aromatic rings. The van der Waals surface area contributed by atoms with Gasteiger partial charge < -0.3 is 10.2 Å². The van der Waals surface area contributed by atoms with Crippen molar-refractivity contribution in [1.82, 2.24) is 4.90 Å². The molecule has 1 N–H and O–H groups in total. The molecule has 0 radical (unpaired) electrons. The molecule has 19 heavy (non-hydrogen) atoms. The van der Waals surface area contributed by atoms with Crippen molar-refractivity contribution in [2.75, 3.05) is 23.4 Å². The third-order valence-corrected chi connectivity index (χ3v) is 3.81. The number of carbonyl (C=O) groups excluding carboxylic acids is 1. The highest BCUT2D eigenvalue weighted by Crippen LogP contribution is 2.31. The summed E-state index contributed by atoms with van der Waals surface area (Å²) in [4.78, 5) is 12.8. The van der Waals surface area contributed by atoms with Crippen molar-refractivity contribution in [3.8, 4) is 0 Å². The van der Waals surface area contributed by atoms with Crippen molar-refractivity contribution in [2.24, 2.45) is 0 Å². The summed E-state index contributed by atoms with van der Waals surface area (Å²) >= 11 is 1.22. The fourth-order valence-electron chi connectivity index (χ4n) is 1.83. The Morgan fingerprint density at radius 3 is 2.63 bits per heavy atom. The van der Waals surface area contributed by atoms with E-state index in [4.69, 9.17) is 0 Å². The molecule has 2 amide bonds. The van der Waals surface area contributed by atoms with E-state index in [1.54, 1.807) is 30.3 Å². The number of nitrogens with one attached hydrogen (secondary N) is 1. The summed E-state index contributed by atoms with van der Waals surface area (Å²) in [6.07, 6.45) is -4.39. The van der Waals surface area contributed by atoms with Crippen molar-refractivity contribution in [3.05, 3.63) is 30.3 Å². The Balaban J connectivity index is 2.08. The van der Waals surface area contributed by atoms with Crippen molar-refractivity contribution in [2.45, 2.75) is 12.2 Å². The normalized spacial score (nSPS) is 20.2. The summed E-state index contributed by atoms with van der Waals surface area (Å²) < 4.78 is 38.6. The fraction of sp³-hybridized carbons (Fsp3) is 0.417. The van der Waals surface area contributed by atoms with Crippen LogP contribution in [0.4, 0.5) is 23.7 Å². The van der Waals surface area contributed by atoms with E-state index >= 15 is 0 Å². The highest BCUT2D eigenvalue weighted by Gasteiger charge is 2.46. The molecule has 104 valence electrons. The Morgan fingerprint density at radius 1 is 1.32 bits per heavy atom. The number of para-hydroxylation sites is 1. The van der Waals surface area contributed by atoms with Gasteiger partial charge in [0.2, 0.25) is 0 Å². The minimum Gasteiger partial charge on any atom is -0.311 e. The average molecular weight is 290 g/mol. The number of hydrogen-bond donors (Lipinski definition) is 1. The molecule has 1 unspecified atom stereocenters. The smallest absolute Gasteiger partial charge is 0.311 e. The number of halogens is 3. The first kappa shape index (κ1) is 14.0. The lowest BCUT2D eigenvalue weighted by Gasteiger charge is -2.36. The quantitative estimate of drug-likeness (QED) is 0.861. The SMILES string of the molecule is O=C(Nc1ccccc1)N1CCSCC1C(F)(F)F. The minimum absolute atomic E-state index is 0.105. The highest BCUT2D eigenvalue weighted by atomic mass is 32.2. The maximum Gasteiger partial charge on any atom is 0.409 e. The van der Waals surface area contributed by atoms with Crippen LogP contribution in [0.2, 0.25) is 0 Å². The van der Waals surface area contributed by atoms with Crippen LogP contribution in [0.5, 0.6) is 0 Å². The average Bonchev–Trinajstić information content (AvgIpc) is 2.39. The molecule has 1 aliphatic heterocycles. The van der Waals surface area contributed by atoms with Gasteiger partial charge in [0.05, 0.1) is 0 Å². The third kappa shape index (κ3) is 3.56. The Labute approximate surface area is 113 Å². The zero-order valence-corrected chi connectivity index (χ0v) is 10.8. The van der Waals surface area contributed by atoms with Crippen LogP contribution in [-0.2, 0) is 0 Å². The molecule has 1 atom stereocenters. The van der Waals surface area contributed by atoms with Crippen LogP contribution in [0.3, 0.4) is 0 Å². The molecule has 7 heteroatoms. The summed E-state index contributed by atoms with van der Waals surface area (Å²) in [6, 6.07) is 6.06. The maximum atomic E-state index is 12.9. The number of carbonyl (C=O) groups is 1. The van der Waals surface area contributed by atoms with Crippen molar-refractivity contribution >= 4 is 23.5 Å². The Hall–Kier alpha value is -1.37. The molecular weight excluding hydrogens is 277 g/mol. The molecule has 1 heterocycles. The molecule has 1 aliphatic rings. The number of hydrogen-bond acceptors (Lipinski definition) is 2. The van der Waals surface area contributed by atoms with E-state index in [0.717, 1.165) is 4.90 Å². The van der Waals surface area contributed by atoms with Gasteiger partial charge in [-0.25, -0.2) is 4.79 Å². The summed E-state index contributed by atoms with van der Waals surface area (Å²) in [5.41, 5.74) is 0.492. The number of rotatable bonds is 1. The van der Waals surface area contributed by atoms with Crippen LogP contribution in [-0.4, -0.2) is 41.2 Å². The second kappa shape index (κ2) is 5.73. The molecule has 1 saturated heterocycles. The summed E-state index contributed by atoms with van der Waals surface area (Å²) in [5, 5.41) is 2.49. The van der Waals surface area contributed by atoms with Crippen molar-refractivity contribution < 1.29 is 18.0 Å². The lowest BCUT2D eigenvalue weighted by molar-refractivity contribution is -0.169. The Morgan fingerprint density at radius 2 is 2.00 bits per heavy atom. The maximum absolute atomic E-state index is 12.9. The molecule has 0 aromatic heterocycles. The second-order valence-electron chi connectivity index (χ2n) is 4.12. The van der Waals surface area contributed by atoms with Crippen LogP contribution in [0.25, 0.3) is 0 Å². The number of benzene rings is 1. The van der Waals surface area contributed by atoms with Gasteiger partial charge in [0.25, 0.3) is 0 Å². The third-order valence-electron chi connectivity index (χ3n) is 2.79. The van der Waals surface area contributed by atoms with Crippen LogP contribution < -0.4 is 5.32 Å². The van der Waals surface area contributed by atoms with Gasteiger partial charge in [-0.15, -0.1) is 0 Å². The van der Waals surface area contributed by atoms with Gasteiger partial charge in [0.15, 0.2) is 0 Å². The fourth-order valence-corrected chi connectivity index (χ4v) is 2.92. The molecule has 0 spiro atoms. The second-order valence-corrected chi connectivity index (χ2v) is 5.27. The van der Waals surface area contributed by atoms with Crippen LogP contribution >= 0.6 is 11.8 Å². The van der Waals surface area contributed by atoms with Crippen LogP contribution in [0.15, 0.2) is 30.3 Å².